The van der Waals surface area contributed by atoms with Crippen molar-refractivity contribution >= 4 is 5.95 Å². The van der Waals surface area contributed by atoms with E-state index < -0.39 is 0 Å². The lowest BCUT2D eigenvalue weighted by molar-refractivity contribution is 0.142. The molecule has 2 heterocycles. The van der Waals surface area contributed by atoms with Crippen LogP contribution in [0.1, 0.15) is 37.1 Å². The van der Waals surface area contributed by atoms with Crippen molar-refractivity contribution in [2.45, 2.75) is 38.8 Å². The highest BCUT2D eigenvalue weighted by molar-refractivity contribution is 5.28. The van der Waals surface area contributed by atoms with Gasteiger partial charge >= 0.3 is 0 Å². The Morgan fingerprint density at radius 3 is 2.93 bits per heavy atom. The van der Waals surface area contributed by atoms with Crippen molar-refractivity contribution in [3.05, 3.63) is 48.3 Å². The zero-order valence-electron chi connectivity index (χ0n) is 17.5. The monoisotopic (exact) mass is 399 g/mol. The molecule has 1 fully saturated rings. The zero-order chi connectivity index (χ0) is 20.3. The fraction of sp³-hybridized carbons (Fsp3) is 0.545. The average Bonchev–Trinajstić information content (AvgIpc) is 3.08. The number of nitrogens with zero attached hydrogens (tertiary/aromatic N) is 4. The Morgan fingerprint density at radius 1 is 1.24 bits per heavy atom. The Morgan fingerprint density at radius 2 is 2.10 bits per heavy atom. The molecule has 0 amide bonds. The Bertz CT molecular complexity index is 755. The molecular formula is C22H33N5O2. The van der Waals surface area contributed by atoms with Gasteiger partial charge in [0.15, 0.2) is 5.82 Å². The predicted molar refractivity (Wildman–Crippen MR) is 115 cm³/mol. The summed E-state index contributed by atoms with van der Waals surface area (Å²) in [7, 11) is 1.87. The first-order valence-corrected chi connectivity index (χ1v) is 10.5. The summed E-state index contributed by atoms with van der Waals surface area (Å²) in [5.74, 6) is 2.35. The van der Waals surface area contributed by atoms with Gasteiger partial charge in [0.1, 0.15) is 12.4 Å². The molecule has 0 aliphatic carbocycles. The van der Waals surface area contributed by atoms with Crippen molar-refractivity contribution in [1.82, 2.24) is 19.7 Å². The fourth-order valence-corrected chi connectivity index (χ4v) is 3.46. The van der Waals surface area contributed by atoms with Crippen LogP contribution in [0.4, 0.5) is 5.95 Å². The molecule has 29 heavy (non-hydrogen) atoms. The molecule has 0 atom stereocenters. The van der Waals surface area contributed by atoms with Gasteiger partial charge in [0, 0.05) is 20.1 Å². The molecule has 1 aromatic heterocycles. The van der Waals surface area contributed by atoms with Gasteiger partial charge < -0.3 is 14.8 Å². The fourth-order valence-electron chi connectivity index (χ4n) is 3.46. The number of aromatic nitrogens is 3. The highest BCUT2D eigenvalue weighted by Gasteiger charge is 2.11. The molecule has 1 aromatic carbocycles. The summed E-state index contributed by atoms with van der Waals surface area (Å²) in [6, 6.07) is 8.47. The van der Waals surface area contributed by atoms with Crippen LogP contribution >= 0.6 is 0 Å². The van der Waals surface area contributed by atoms with E-state index in [1.807, 2.05) is 13.1 Å². The van der Waals surface area contributed by atoms with Crippen LogP contribution < -0.4 is 10.1 Å². The van der Waals surface area contributed by atoms with Gasteiger partial charge in [-0.05, 0) is 50.0 Å². The van der Waals surface area contributed by atoms with Gasteiger partial charge in [0.05, 0.1) is 13.2 Å². The van der Waals surface area contributed by atoms with Gasteiger partial charge in [-0.1, -0.05) is 24.6 Å². The number of anilines is 1. The molecule has 7 heteroatoms. The highest BCUT2D eigenvalue weighted by Crippen LogP contribution is 2.17. The molecule has 0 radical (unpaired) electrons. The van der Waals surface area contributed by atoms with Crippen LogP contribution in [-0.2, 0) is 24.9 Å². The van der Waals surface area contributed by atoms with Crippen molar-refractivity contribution in [2.75, 3.05) is 38.2 Å². The molecule has 158 valence electrons. The summed E-state index contributed by atoms with van der Waals surface area (Å²) in [6.07, 6.45) is 6.60. The van der Waals surface area contributed by atoms with Gasteiger partial charge in [-0.2, -0.15) is 10.1 Å². The SMILES string of the molecule is C=CCOCc1nc(NCCCOc2cccc(CN3CCCCC3)c2)n(C)n1. The van der Waals surface area contributed by atoms with Gasteiger partial charge in [0.25, 0.3) is 0 Å². The Labute approximate surface area is 173 Å². The first-order valence-electron chi connectivity index (χ1n) is 10.5. The van der Waals surface area contributed by atoms with E-state index in [0.29, 0.717) is 25.6 Å². The quantitative estimate of drug-likeness (QED) is 0.436. The third-order valence-electron chi connectivity index (χ3n) is 4.90. The van der Waals surface area contributed by atoms with E-state index in [1.165, 1.54) is 37.9 Å². The second-order valence-electron chi connectivity index (χ2n) is 7.39. The minimum atomic E-state index is 0.387. The van der Waals surface area contributed by atoms with Gasteiger partial charge in [-0.3, -0.25) is 4.90 Å². The summed E-state index contributed by atoms with van der Waals surface area (Å²) in [6.45, 7) is 9.38. The molecular weight excluding hydrogens is 366 g/mol. The maximum Gasteiger partial charge on any atom is 0.221 e. The highest BCUT2D eigenvalue weighted by atomic mass is 16.5. The van der Waals surface area contributed by atoms with Crippen molar-refractivity contribution < 1.29 is 9.47 Å². The molecule has 2 aromatic rings. The number of aryl methyl sites for hydroxylation is 1. The molecule has 0 spiro atoms. The molecule has 0 saturated carbocycles. The van der Waals surface area contributed by atoms with Crippen LogP contribution in [0.25, 0.3) is 0 Å². The van der Waals surface area contributed by atoms with Gasteiger partial charge in [0.2, 0.25) is 5.95 Å². The van der Waals surface area contributed by atoms with E-state index in [4.69, 9.17) is 9.47 Å². The second-order valence-corrected chi connectivity index (χ2v) is 7.39. The number of hydrogen-bond donors (Lipinski definition) is 1. The number of nitrogens with one attached hydrogen (secondary N) is 1. The molecule has 0 unspecified atom stereocenters. The van der Waals surface area contributed by atoms with Gasteiger partial charge in [-0.25, -0.2) is 4.68 Å². The minimum absolute atomic E-state index is 0.387. The number of piperidine rings is 1. The van der Waals surface area contributed by atoms with E-state index in [9.17, 15) is 0 Å². The van der Waals surface area contributed by atoms with Crippen molar-refractivity contribution in [1.29, 1.82) is 0 Å². The van der Waals surface area contributed by atoms with Crippen LogP contribution in [0.2, 0.25) is 0 Å². The number of benzene rings is 1. The van der Waals surface area contributed by atoms with Crippen molar-refractivity contribution in [3.8, 4) is 5.75 Å². The average molecular weight is 400 g/mol. The first-order chi connectivity index (χ1) is 14.2. The van der Waals surface area contributed by atoms with E-state index in [2.05, 4.69) is 45.1 Å². The predicted octanol–water partition coefficient (Wildman–Crippen LogP) is 3.38. The van der Waals surface area contributed by atoms with Crippen molar-refractivity contribution in [3.63, 3.8) is 0 Å². The lowest BCUT2D eigenvalue weighted by Crippen LogP contribution is -2.29. The lowest BCUT2D eigenvalue weighted by Gasteiger charge is -2.26. The van der Waals surface area contributed by atoms with E-state index >= 15 is 0 Å². The normalized spacial score (nSPS) is 14.7. The third kappa shape index (κ3) is 7.18. The standard InChI is InChI=1S/C22H33N5O2/c1-3-14-28-18-21-24-22(26(2)25-21)23-11-8-15-29-20-10-7-9-19(16-20)17-27-12-5-4-6-13-27/h3,7,9-10,16H,1,4-6,8,11-15,17-18H2,2H3,(H,23,24,25). The number of likely N-dealkylation sites (tertiary alicyclic amines) is 1. The molecule has 7 nitrogen and oxygen atoms in total. The summed E-state index contributed by atoms with van der Waals surface area (Å²) < 4.78 is 13.1. The molecule has 1 aliphatic heterocycles. The van der Waals surface area contributed by atoms with Crippen LogP contribution in [0.5, 0.6) is 5.75 Å². The van der Waals surface area contributed by atoms with Crippen LogP contribution in [0.3, 0.4) is 0 Å². The first kappa shape index (κ1) is 21.3. The van der Waals surface area contributed by atoms with E-state index in [-0.39, 0.29) is 0 Å². The maximum atomic E-state index is 5.94. The minimum Gasteiger partial charge on any atom is -0.494 e. The number of ether oxygens (including phenoxy) is 2. The Hall–Kier alpha value is -2.38. The molecule has 1 aliphatic rings. The lowest BCUT2D eigenvalue weighted by atomic mass is 10.1. The van der Waals surface area contributed by atoms with E-state index in [0.717, 1.165) is 31.2 Å². The summed E-state index contributed by atoms with van der Waals surface area (Å²) in [5.41, 5.74) is 1.33. The largest absolute Gasteiger partial charge is 0.494 e. The molecule has 1 N–H and O–H groups in total. The summed E-state index contributed by atoms with van der Waals surface area (Å²) >= 11 is 0. The van der Waals surface area contributed by atoms with Gasteiger partial charge in [-0.15, -0.1) is 6.58 Å². The Kier molecular flexibility index (Phi) is 8.52. The maximum absolute atomic E-state index is 5.94. The van der Waals surface area contributed by atoms with Crippen molar-refractivity contribution in [2.24, 2.45) is 7.05 Å². The third-order valence-corrected chi connectivity index (χ3v) is 4.90. The Balaban J connectivity index is 1.36. The van der Waals surface area contributed by atoms with Crippen LogP contribution in [-0.4, -0.2) is 52.5 Å². The number of rotatable bonds is 12. The summed E-state index contributed by atoms with van der Waals surface area (Å²) in [5, 5.41) is 7.64. The van der Waals surface area contributed by atoms with E-state index in [1.54, 1.807) is 10.8 Å². The summed E-state index contributed by atoms with van der Waals surface area (Å²) in [4.78, 5) is 6.97. The number of hydrogen-bond acceptors (Lipinski definition) is 6. The topological polar surface area (TPSA) is 64.4 Å². The smallest absolute Gasteiger partial charge is 0.221 e. The second kappa shape index (κ2) is 11.6. The van der Waals surface area contributed by atoms with Crippen LogP contribution in [0.15, 0.2) is 36.9 Å². The molecule has 1 saturated heterocycles. The molecule has 3 rings (SSSR count). The zero-order valence-corrected chi connectivity index (χ0v) is 17.5. The van der Waals surface area contributed by atoms with Crippen LogP contribution in [0, 0.1) is 0 Å². The molecule has 0 bridgehead atoms.